The zero-order valence-electron chi connectivity index (χ0n) is 17.0. The highest BCUT2D eigenvalue weighted by molar-refractivity contribution is 7.91. The van der Waals surface area contributed by atoms with Crippen LogP contribution in [0.3, 0.4) is 0 Å². The summed E-state index contributed by atoms with van der Waals surface area (Å²) in [5, 5.41) is 2.74. The number of nitrogens with one attached hydrogen (secondary N) is 1. The van der Waals surface area contributed by atoms with Gasteiger partial charge in [-0.25, -0.2) is 13.2 Å². The molecule has 0 bridgehead atoms. The Balaban J connectivity index is 1.42. The molecule has 2 aliphatic heterocycles. The fourth-order valence-electron chi connectivity index (χ4n) is 4.37. The molecule has 8 nitrogen and oxygen atoms in total. The van der Waals surface area contributed by atoms with Crippen molar-refractivity contribution in [1.82, 2.24) is 15.1 Å². The Morgan fingerprint density at radius 2 is 1.87 bits per heavy atom. The lowest BCUT2D eigenvalue weighted by atomic mass is 9.93. The summed E-state index contributed by atoms with van der Waals surface area (Å²) >= 11 is 0. The number of carbonyl (C=O) groups excluding carboxylic acids is 3. The Morgan fingerprint density at radius 3 is 2.47 bits per heavy atom. The van der Waals surface area contributed by atoms with Crippen molar-refractivity contribution in [2.75, 3.05) is 18.1 Å². The molecule has 0 spiro atoms. The number of nitrogens with zero attached hydrogens (tertiary/aromatic N) is 2. The predicted octanol–water partition coefficient (Wildman–Crippen LogP) is 1.11. The van der Waals surface area contributed by atoms with Gasteiger partial charge in [0.2, 0.25) is 5.91 Å². The van der Waals surface area contributed by atoms with E-state index in [0.29, 0.717) is 19.3 Å². The Morgan fingerprint density at radius 1 is 1.17 bits per heavy atom. The highest BCUT2D eigenvalue weighted by Gasteiger charge is 2.49. The van der Waals surface area contributed by atoms with Gasteiger partial charge >= 0.3 is 6.03 Å². The van der Waals surface area contributed by atoms with Crippen LogP contribution in [0.5, 0.6) is 0 Å². The van der Waals surface area contributed by atoms with Crippen molar-refractivity contribution in [3.8, 4) is 0 Å². The van der Waals surface area contributed by atoms with E-state index < -0.39 is 27.3 Å². The molecule has 3 aliphatic rings. The predicted molar refractivity (Wildman–Crippen MR) is 110 cm³/mol. The van der Waals surface area contributed by atoms with Crippen molar-refractivity contribution >= 4 is 27.7 Å². The summed E-state index contributed by atoms with van der Waals surface area (Å²) < 4.78 is 23.7. The maximum Gasteiger partial charge on any atom is 0.325 e. The van der Waals surface area contributed by atoms with E-state index in [2.05, 4.69) is 5.32 Å². The minimum atomic E-state index is -3.13. The van der Waals surface area contributed by atoms with Crippen LogP contribution in [0.1, 0.15) is 38.2 Å². The molecule has 162 valence electrons. The number of sulfone groups is 1. The largest absolute Gasteiger partial charge is 0.334 e. The molecule has 1 aromatic carbocycles. The van der Waals surface area contributed by atoms with Crippen LogP contribution in [0, 0.1) is 0 Å². The molecule has 4 rings (SSSR count). The number of benzene rings is 1. The summed E-state index contributed by atoms with van der Waals surface area (Å²) in [4.78, 5) is 41.1. The first-order valence-corrected chi connectivity index (χ1v) is 12.2. The minimum Gasteiger partial charge on any atom is -0.334 e. The molecule has 30 heavy (non-hydrogen) atoms. The lowest BCUT2D eigenvalue weighted by Crippen LogP contribution is -2.49. The topological polar surface area (TPSA) is 104 Å². The fraction of sp³-hybridized carbons (Fsp3) is 0.571. The molecule has 9 heteroatoms. The first-order chi connectivity index (χ1) is 14.2. The van der Waals surface area contributed by atoms with Crippen molar-refractivity contribution in [3.05, 3.63) is 35.9 Å². The molecule has 0 aromatic heterocycles. The van der Waals surface area contributed by atoms with Gasteiger partial charge in [0.25, 0.3) is 5.91 Å². The molecule has 0 unspecified atom stereocenters. The molecule has 1 aliphatic carbocycles. The average molecular weight is 434 g/mol. The first kappa shape index (κ1) is 20.8. The summed E-state index contributed by atoms with van der Waals surface area (Å²) in [5.41, 5.74) is 0.00607. The number of amides is 4. The average Bonchev–Trinajstić information content (AvgIpc) is 3.43. The third-order valence-electron chi connectivity index (χ3n) is 6.23. The fourth-order valence-corrected chi connectivity index (χ4v) is 6.08. The smallest absolute Gasteiger partial charge is 0.325 e. The van der Waals surface area contributed by atoms with E-state index in [1.54, 1.807) is 11.8 Å². The zero-order valence-corrected chi connectivity index (χ0v) is 17.9. The maximum absolute atomic E-state index is 13.0. The standard InChI is InChI=1S/C21H27N3O5S/c1-21(11-9-15-5-3-2-4-6-15)19(26)23(20(27)22-21)13-18(25)24(16-7-8-16)17-10-12-30(28,29)14-17/h2-6,16-17H,7-14H2,1H3,(H,22,27)/t17-,21-/m0/s1. The van der Waals surface area contributed by atoms with Crippen LogP contribution in [-0.4, -0.2) is 71.7 Å². The summed E-state index contributed by atoms with van der Waals surface area (Å²) in [6.45, 7) is 1.33. The summed E-state index contributed by atoms with van der Waals surface area (Å²) in [7, 11) is -3.13. The Labute approximate surface area is 176 Å². The van der Waals surface area contributed by atoms with Crippen LogP contribution in [0.15, 0.2) is 30.3 Å². The van der Waals surface area contributed by atoms with Crippen molar-refractivity contribution < 1.29 is 22.8 Å². The third kappa shape index (κ3) is 4.21. The first-order valence-electron chi connectivity index (χ1n) is 10.4. The van der Waals surface area contributed by atoms with E-state index >= 15 is 0 Å². The summed E-state index contributed by atoms with van der Waals surface area (Å²) in [6.07, 6.45) is 3.13. The lowest BCUT2D eigenvalue weighted by molar-refractivity contribution is -0.140. The molecule has 1 saturated carbocycles. The van der Waals surface area contributed by atoms with Gasteiger partial charge in [0, 0.05) is 12.1 Å². The van der Waals surface area contributed by atoms with Gasteiger partial charge in [0.05, 0.1) is 11.5 Å². The van der Waals surface area contributed by atoms with Crippen LogP contribution >= 0.6 is 0 Å². The van der Waals surface area contributed by atoms with Crippen LogP contribution in [0.25, 0.3) is 0 Å². The van der Waals surface area contributed by atoms with Gasteiger partial charge < -0.3 is 10.2 Å². The number of hydrogen-bond donors (Lipinski definition) is 1. The monoisotopic (exact) mass is 433 g/mol. The van der Waals surface area contributed by atoms with E-state index in [4.69, 9.17) is 0 Å². The van der Waals surface area contributed by atoms with E-state index in [-0.39, 0.29) is 36.0 Å². The molecular formula is C21H27N3O5S. The molecule has 0 radical (unpaired) electrons. The van der Waals surface area contributed by atoms with Crippen molar-refractivity contribution in [2.45, 2.75) is 56.7 Å². The molecule has 3 fully saturated rings. The second-order valence-corrected chi connectivity index (χ2v) is 11.0. The number of aryl methyl sites for hydroxylation is 1. The maximum atomic E-state index is 13.0. The zero-order chi connectivity index (χ0) is 21.5. The number of carbonyl (C=O) groups is 3. The molecule has 2 atom stereocenters. The van der Waals surface area contributed by atoms with Crippen molar-refractivity contribution in [3.63, 3.8) is 0 Å². The number of imide groups is 1. The normalized spacial score (nSPS) is 27.9. The number of rotatable bonds is 7. The SMILES string of the molecule is C[C@@]1(CCc2ccccc2)NC(=O)N(CC(=O)N(C2CC2)[C@H]2CCS(=O)(=O)C2)C1=O. The molecule has 1 N–H and O–H groups in total. The Bertz CT molecular complexity index is 960. The second-order valence-electron chi connectivity index (χ2n) is 8.73. The summed E-state index contributed by atoms with van der Waals surface area (Å²) in [6, 6.07) is 8.78. The van der Waals surface area contributed by atoms with Gasteiger partial charge in [-0.2, -0.15) is 0 Å². The molecular weight excluding hydrogens is 406 g/mol. The molecule has 4 amide bonds. The van der Waals surface area contributed by atoms with Gasteiger partial charge in [-0.15, -0.1) is 0 Å². The van der Waals surface area contributed by atoms with Crippen LogP contribution in [0.2, 0.25) is 0 Å². The van der Waals surface area contributed by atoms with Gasteiger partial charge in [0.1, 0.15) is 12.1 Å². The number of urea groups is 1. The Kier molecular flexibility index (Phi) is 5.34. The van der Waals surface area contributed by atoms with Gasteiger partial charge in [-0.1, -0.05) is 30.3 Å². The summed E-state index contributed by atoms with van der Waals surface area (Å²) in [5.74, 6) is -0.721. The van der Waals surface area contributed by atoms with E-state index in [1.165, 1.54) is 0 Å². The van der Waals surface area contributed by atoms with E-state index in [0.717, 1.165) is 23.3 Å². The van der Waals surface area contributed by atoms with Crippen molar-refractivity contribution in [1.29, 1.82) is 0 Å². The van der Waals surface area contributed by atoms with Crippen molar-refractivity contribution in [2.24, 2.45) is 0 Å². The molecule has 2 saturated heterocycles. The highest BCUT2D eigenvalue weighted by Crippen LogP contribution is 2.33. The van der Waals surface area contributed by atoms with Gasteiger partial charge in [0.15, 0.2) is 9.84 Å². The minimum absolute atomic E-state index is 0.0148. The van der Waals surface area contributed by atoms with E-state index in [9.17, 15) is 22.8 Å². The quantitative estimate of drug-likeness (QED) is 0.649. The van der Waals surface area contributed by atoms with Gasteiger partial charge in [-0.3, -0.25) is 14.5 Å². The molecule has 2 heterocycles. The Hall–Kier alpha value is -2.42. The van der Waals surface area contributed by atoms with Gasteiger partial charge in [-0.05, 0) is 44.6 Å². The van der Waals surface area contributed by atoms with E-state index in [1.807, 2.05) is 30.3 Å². The lowest BCUT2D eigenvalue weighted by Gasteiger charge is -2.29. The number of hydrogen-bond acceptors (Lipinski definition) is 5. The van der Waals surface area contributed by atoms with Crippen LogP contribution in [0.4, 0.5) is 4.79 Å². The van der Waals surface area contributed by atoms with Crippen LogP contribution in [-0.2, 0) is 25.8 Å². The highest BCUT2D eigenvalue weighted by atomic mass is 32.2. The van der Waals surface area contributed by atoms with Crippen LogP contribution < -0.4 is 5.32 Å². The molecule has 1 aromatic rings. The second kappa shape index (κ2) is 7.68. The third-order valence-corrected chi connectivity index (χ3v) is 7.98.